The van der Waals surface area contributed by atoms with E-state index in [2.05, 4.69) is 5.32 Å². The molecule has 1 N–H and O–H groups in total. The average molecular weight is 193 g/mol. The summed E-state index contributed by atoms with van der Waals surface area (Å²) in [4.78, 5) is 20.6. The van der Waals surface area contributed by atoms with Gasteiger partial charge >= 0.3 is 5.97 Å². The van der Waals surface area contributed by atoms with Gasteiger partial charge in [0.05, 0.1) is 0 Å². The molecular weight excluding hydrogens is 182 g/mol. The fourth-order valence-electron chi connectivity index (χ4n) is 0.950. The molecule has 0 aliphatic rings. The Hall–Kier alpha value is -1.84. The SMILES string of the molecule is CC(=O)OCc1ccc(NC=O)cc1. The van der Waals surface area contributed by atoms with E-state index in [4.69, 9.17) is 4.74 Å². The zero-order chi connectivity index (χ0) is 10.4. The number of esters is 1. The Morgan fingerprint density at radius 1 is 1.43 bits per heavy atom. The van der Waals surface area contributed by atoms with Gasteiger partial charge in [-0.15, -0.1) is 0 Å². The normalized spacial score (nSPS) is 9.21. The predicted molar refractivity (Wildman–Crippen MR) is 51.6 cm³/mol. The van der Waals surface area contributed by atoms with E-state index in [1.165, 1.54) is 6.92 Å². The summed E-state index contributed by atoms with van der Waals surface area (Å²) in [6.07, 6.45) is 0.612. The van der Waals surface area contributed by atoms with E-state index < -0.39 is 0 Å². The molecule has 0 aliphatic heterocycles. The summed E-state index contributed by atoms with van der Waals surface area (Å²) in [5.41, 5.74) is 1.60. The number of benzene rings is 1. The van der Waals surface area contributed by atoms with Gasteiger partial charge in [-0.3, -0.25) is 9.59 Å². The van der Waals surface area contributed by atoms with Crippen LogP contribution in [-0.4, -0.2) is 12.4 Å². The first-order valence-corrected chi connectivity index (χ1v) is 4.15. The number of nitrogens with one attached hydrogen (secondary N) is 1. The Morgan fingerprint density at radius 3 is 2.57 bits per heavy atom. The van der Waals surface area contributed by atoms with Gasteiger partial charge in [0.15, 0.2) is 0 Å². The van der Waals surface area contributed by atoms with Crippen LogP contribution >= 0.6 is 0 Å². The Kier molecular flexibility index (Phi) is 3.67. The second-order valence-electron chi connectivity index (χ2n) is 2.74. The van der Waals surface area contributed by atoms with Crippen LogP contribution in [0, 0.1) is 0 Å². The van der Waals surface area contributed by atoms with Crippen LogP contribution in [0.3, 0.4) is 0 Å². The van der Waals surface area contributed by atoms with Crippen molar-refractivity contribution >= 4 is 18.1 Å². The average Bonchev–Trinajstić information content (AvgIpc) is 2.17. The molecule has 0 aliphatic carbocycles. The molecule has 1 aromatic carbocycles. The van der Waals surface area contributed by atoms with Crippen molar-refractivity contribution in [2.24, 2.45) is 0 Å². The number of rotatable bonds is 4. The summed E-state index contributed by atoms with van der Waals surface area (Å²) in [5, 5.41) is 2.51. The summed E-state index contributed by atoms with van der Waals surface area (Å²) in [5.74, 6) is -0.305. The van der Waals surface area contributed by atoms with Gasteiger partial charge in [-0.05, 0) is 17.7 Å². The van der Waals surface area contributed by atoms with Gasteiger partial charge in [-0.2, -0.15) is 0 Å². The smallest absolute Gasteiger partial charge is 0.302 e. The molecule has 0 saturated carbocycles. The molecule has 1 amide bonds. The van der Waals surface area contributed by atoms with Crippen LogP contribution in [0.25, 0.3) is 0 Å². The molecule has 14 heavy (non-hydrogen) atoms. The summed E-state index contributed by atoms with van der Waals surface area (Å²) in [7, 11) is 0. The minimum Gasteiger partial charge on any atom is -0.461 e. The van der Waals surface area contributed by atoms with Crippen molar-refractivity contribution in [1.82, 2.24) is 0 Å². The lowest BCUT2D eigenvalue weighted by Gasteiger charge is -2.03. The van der Waals surface area contributed by atoms with Crippen molar-refractivity contribution in [2.75, 3.05) is 5.32 Å². The Balaban J connectivity index is 2.54. The lowest BCUT2D eigenvalue weighted by atomic mass is 10.2. The summed E-state index contributed by atoms with van der Waals surface area (Å²) < 4.78 is 4.80. The van der Waals surface area contributed by atoms with E-state index in [0.29, 0.717) is 12.1 Å². The lowest BCUT2D eigenvalue weighted by molar-refractivity contribution is -0.142. The molecule has 0 atom stereocenters. The van der Waals surface area contributed by atoms with Crippen LogP contribution in [0.2, 0.25) is 0 Å². The van der Waals surface area contributed by atoms with E-state index in [1.54, 1.807) is 24.3 Å². The Bertz CT molecular complexity index is 319. The van der Waals surface area contributed by atoms with Crippen molar-refractivity contribution in [3.05, 3.63) is 29.8 Å². The van der Waals surface area contributed by atoms with Crippen LogP contribution in [0.1, 0.15) is 12.5 Å². The van der Waals surface area contributed by atoms with Gasteiger partial charge in [0, 0.05) is 12.6 Å². The highest BCUT2D eigenvalue weighted by molar-refractivity contribution is 5.71. The standard InChI is InChI=1S/C10H11NO3/c1-8(13)14-6-9-2-4-10(5-3-9)11-7-12/h2-5,7H,6H2,1H3,(H,11,12). The van der Waals surface area contributed by atoms with Crippen molar-refractivity contribution in [1.29, 1.82) is 0 Å². The third kappa shape index (κ3) is 3.26. The largest absolute Gasteiger partial charge is 0.461 e. The quantitative estimate of drug-likeness (QED) is 0.579. The minimum atomic E-state index is -0.305. The minimum absolute atomic E-state index is 0.261. The van der Waals surface area contributed by atoms with Gasteiger partial charge in [-0.25, -0.2) is 0 Å². The maximum Gasteiger partial charge on any atom is 0.302 e. The molecule has 0 fully saturated rings. The Labute approximate surface area is 81.9 Å². The molecule has 0 unspecified atom stereocenters. The van der Waals surface area contributed by atoms with Crippen LogP contribution in [-0.2, 0) is 20.9 Å². The van der Waals surface area contributed by atoms with E-state index in [-0.39, 0.29) is 12.6 Å². The van der Waals surface area contributed by atoms with Crippen molar-refractivity contribution in [3.63, 3.8) is 0 Å². The first-order chi connectivity index (χ1) is 6.72. The van der Waals surface area contributed by atoms with Crippen molar-refractivity contribution in [3.8, 4) is 0 Å². The predicted octanol–water partition coefficient (Wildman–Crippen LogP) is 1.32. The molecule has 0 heterocycles. The molecule has 4 heteroatoms. The van der Waals surface area contributed by atoms with Crippen LogP contribution < -0.4 is 5.32 Å². The maximum absolute atomic E-state index is 10.5. The van der Waals surface area contributed by atoms with Gasteiger partial charge in [-0.1, -0.05) is 12.1 Å². The fraction of sp³-hybridized carbons (Fsp3) is 0.200. The van der Waals surface area contributed by atoms with Gasteiger partial charge in [0.25, 0.3) is 0 Å². The lowest BCUT2D eigenvalue weighted by Crippen LogP contribution is -1.99. The molecule has 0 bridgehead atoms. The number of carbonyl (C=O) groups excluding carboxylic acids is 2. The number of anilines is 1. The number of hydrogen-bond donors (Lipinski definition) is 1. The highest BCUT2D eigenvalue weighted by Crippen LogP contribution is 2.09. The number of carbonyl (C=O) groups is 2. The number of amides is 1. The van der Waals surface area contributed by atoms with Crippen LogP contribution in [0.4, 0.5) is 5.69 Å². The molecule has 0 aromatic heterocycles. The Morgan fingerprint density at radius 2 is 2.07 bits per heavy atom. The molecule has 74 valence electrons. The highest BCUT2D eigenvalue weighted by atomic mass is 16.5. The fourth-order valence-corrected chi connectivity index (χ4v) is 0.950. The molecule has 0 spiro atoms. The molecule has 0 saturated heterocycles. The zero-order valence-electron chi connectivity index (χ0n) is 7.82. The molecule has 0 radical (unpaired) electrons. The zero-order valence-corrected chi connectivity index (χ0v) is 7.82. The van der Waals surface area contributed by atoms with E-state index in [1.807, 2.05) is 0 Å². The first-order valence-electron chi connectivity index (χ1n) is 4.15. The van der Waals surface area contributed by atoms with E-state index in [0.717, 1.165) is 5.56 Å². The summed E-state index contributed by atoms with van der Waals surface area (Å²) in [6.45, 7) is 1.62. The maximum atomic E-state index is 10.5. The molecule has 4 nitrogen and oxygen atoms in total. The second-order valence-corrected chi connectivity index (χ2v) is 2.74. The summed E-state index contributed by atoms with van der Waals surface area (Å²) >= 11 is 0. The van der Waals surface area contributed by atoms with Gasteiger partial charge < -0.3 is 10.1 Å². The molecular formula is C10H11NO3. The number of ether oxygens (including phenoxy) is 1. The van der Waals surface area contributed by atoms with E-state index in [9.17, 15) is 9.59 Å². The molecule has 1 rings (SSSR count). The topological polar surface area (TPSA) is 55.4 Å². The first kappa shape index (κ1) is 10.2. The van der Waals surface area contributed by atoms with E-state index >= 15 is 0 Å². The molecule has 1 aromatic rings. The van der Waals surface area contributed by atoms with Crippen molar-refractivity contribution < 1.29 is 14.3 Å². The summed E-state index contributed by atoms with van der Waals surface area (Å²) in [6, 6.07) is 7.06. The third-order valence-electron chi connectivity index (χ3n) is 1.62. The van der Waals surface area contributed by atoms with Crippen LogP contribution in [0.5, 0.6) is 0 Å². The van der Waals surface area contributed by atoms with Gasteiger partial charge in [0.2, 0.25) is 6.41 Å². The monoisotopic (exact) mass is 193 g/mol. The van der Waals surface area contributed by atoms with Crippen LogP contribution in [0.15, 0.2) is 24.3 Å². The van der Waals surface area contributed by atoms with Gasteiger partial charge in [0.1, 0.15) is 6.61 Å². The number of hydrogen-bond acceptors (Lipinski definition) is 3. The third-order valence-corrected chi connectivity index (χ3v) is 1.62. The second kappa shape index (κ2) is 5.01. The highest BCUT2D eigenvalue weighted by Gasteiger charge is 1.96. The van der Waals surface area contributed by atoms with Crippen molar-refractivity contribution in [2.45, 2.75) is 13.5 Å².